The predicted molar refractivity (Wildman–Crippen MR) is 71.1 cm³/mol. The fraction of sp³-hybridized carbons (Fsp3) is 0.667. The van der Waals surface area contributed by atoms with Crippen molar-refractivity contribution in [1.29, 1.82) is 0 Å². The van der Waals surface area contributed by atoms with E-state index < -0.39 is 0 Å². The number of hydrogen-bond donors (Lipinski definition) is 1. The van der Waals surface area contributed by atoms with E-state index >= 15 is 0 Å². The molecule has 2 N–H and O–H groups in total. The van der Waals surface area contributed by atoms with Crippen molar-refractivity contribution in [2.24, 2.45) is 11.7 Å². The second kappa shape index (κ2) is 5.05. The Morgan fingerprint density at radius 3 is 2.94 bits per heavy atom. The molecule has 0 aliphatic carbocycles. The molecule has 2 nitrogen and oxygen atoms in total. The van der Waals surface area contributed by atoms with E-state index in [0.717, 1.165) is 17.4 Å². The van der Waals surface area contributed by atoms with Crippen LogP contribution in [0.5, 0.6) is 0 Å². The molecule has 0 amide bonds. The van der Waals surface area contributed by atoms with Gasteiger partial charge in [-0.3, -0.25) is 4.90 Å². The van der Waals surface area contributed by atoms with Crippen LogP contribution in [0.25, 0.3) is 0 Å². The van der Waals surface area contributed by atoms with Gasteiger partial charge in [-0.2, -0.15) is 0 Å². The third kappa shape index (κ3) is 2.43. The zero-order valence-corrected chi connectivity index (χ0v) is 11.4. The van der Waals surface area contributed by atoms with E-state index in [-0.39, 0.29) is 0 Å². The maximum Gasteiger partial charge on any atom is 0.0931 e. The number of hydrogen-bond acceptors (Lipinski definition) is 3. The fourth-order valence-corrected chi connectivity index (χ4v) is 3.59. The summed E-state index contributed by atoms with van der Waals surface area (Å²) in [4.78, 5) is 2.54. The van der Waals surface area contributed by atoms with Gasteiger partial charge in [-0.15, -0.1) is 11.3 Å². The molecular formula is C12H19ClN2S. The van der Waals surface area contributed by atoms with Gasteiger partial charge in [0.25, 0.3) is 0 Å². The number of nitrogens with two attached hydrogens (primary N) is 1. The van der Waals surface area contributed by atoms with Crippen molar-refractivity contribution < 1.29 is 0 Å². The van der Waals surface area contributed by atoms with Crippen LogP contribution in [-0.2, 0) is 0 Å². The number of rotatable bonds is 3. The maximum absolute atomic E-state index is 5.98. The molecule has 1 aliphatic heterocycles. The second-order valence-electron chi connectivity index (χ2n) is 4.74. The lowest BCUT2D eigenvalue weighted by atomic mass is 10.1. The summed E-state index contributed by atoms with van der Waals surface area (Å²) in [6, 6.07) is 3.16. The standard InChI is InChI=1S/C12H19ClN2S/c1-8-3-10(5-14)6-15(8)9(2)11-4-12(13)16-7-11/h4,7-10H,3,5-6,14H2,1-2H3. The van der Waals surface area contributed by atoms with Crippen molar-refractivity contribution in [2.75, 3.05) is 13.1 Å². The highest BCUT2D eigenvalue weighted by atomic mass is 35.5. The smallest absolute Gasteiger partial charge is 0.0931 e. The van der Waals surface area contributed by atoms with Crippen molar-refractivity contribution in [3.8, 4) is 0 Å². The van der Waals surface area contributed by atoms with Crippen LogP contribution in [0.2, 0.25) is 4.34 Å². The molecule has 0 radical (unpaired) electrons. The molecule has 0 aromatic carbocycles. The molecule has 3 atom stereocenters. The van der Waals surface area contributed by atoms with E-state index in [1.807, 2.05) is 0 Å². The fourth-order valence-electron chi connectivity index (χ4n) is 2.61. The lowest BCUT2D eigenvalue weighted by Gasteiger charge is -2.28. The van der Waals surface area contributed by atoms with Gasteiger partial charge in [-0.05, 0) is 49.7 Å². The predicted octanol–water partition coefficient (Wildman–Crippen LogP) is 3.13. The van der Waals surface area contributed by atoms with Crippen molar-refractivity contribution in [3.05, 3.63) is 21.3 Å². The molecule has 4 heteroatoms. The Kier molecular flexibility index (Phi) is 3.90. The van der Waals surface area contributed by atoms with Crippen LogP contribution in [0, 0.1) is 5.92 Å². The highest BCUT2D eigenvalue weighted by molar-refractivity contribution is 7.14. The van der Waals surface area contributed by atoms with Crippen LogP contribution in [0.4, 0.5) is 0 Å². The van der Waals surface area contributed by atoms with E-state index in [0.29, 0.717) is 18.0 Å². The van der Waals surface area contributed by atoms with Gasteiger partial charge in [-0.25, -0.2) is 0 Å². The average Bonchev–Trinajstić information content (AvgIpc) is 2.83. The maximum atomic E-state index is 5.98. The monoisotopic (exact) mass is 258 g/mol. The zero-order chi connectivity index (χ0) is 11.7. The molecule has 1 aromatic rings. The first kappa shape index (κ1) is 12.4. The second-order valence-corrected chi connectivity index (χ2v) is 6.29. The molecule has 2 heterocycles. The molecule has 1 saturated heterocycles. The van der Waals surface area contributed by atoms with Crippen LogP contribution in [0.1, 0.15) is 31.9 Å². The zero-order valence-electron chi connectivity index (χ0n) is 9.82. The van der Waals surface area contributed by atoms with Crippen LogP contribution in [0.3, 0.4) is 0 Å². The van der Waals surface area contributed by atoms with Crippen LogP contribution in [0.15, 0.2) is 11.4 Å². The van der Waals surface area contributed by atoms with Gasteiger partial charge >= 0.3 is 0 Å². The molecule has 0 spiro atoms. The first-order chi connectivity index (χ1) is 7.61. The summed E-state index contributed by atoms with van der Waals surface area (Å²) in [6.07, 6.45) is 1.22. The Bertz CT molecular complexity index is 353. The Morgan fingerprint density at radius 1 is 1.69 bits per heavy atom. The lowest BCUT2D eigenvalue weighted by molar-refractivity contribution is 0.201. The lowest BCUT2D eigenvalue weighted by Crippen LogP contribution is -2.30. The van der Waals surface area contributed by atoms with Gasteiger partial charge < -0.3 is 5.73 Å². The highest BCUT2D eigenvalue weighted by Gasteiger charge is 2.31. The molecule has 1 aliphatic rings. The average molecular weight is 259 g/mol. The van der Waals surface area contributed by atoms with Crippen molar-refractivity contribution in [1.82, 2.24) is 4.90 Å². The topological polar surface area (TPSA) is 29.3 Å². The van der Waals surface area contributed by atoms with Gasteiger partial charge in [0, 0.05) is 18.6 Å². The van der Waals surface area contributed by atoms with Gasteiger partial charge in [0.2, 0.25) is 0 Å². The summed E-state index contributed by atoms with van der Waals surface area (Å²) in [5, 5.41) is 2.16. The quantitative estimate of drug-likeness (QED) is 0.903. The van der Waals surface area contributed by atoms with E-state index in [4.69, 9.17) is 17.3 Å². The summed E-state index contributed by atoms with van der Waals surface area (Å²) in [6.45, 7) is 6.47. The van der Waals surface area contributed by atoms with Crippen LogP contribution >= 0.6 is 22.9 Å². The van der Waals surface area contributed by atoms with E-state index in [1.165, 1.54) is 12.0 Å². The summed E-state index contributed by atoms with van der Waals surface area (Å²) in [7, 11) is 0. The van der Waals surface area contributed by atoms with Crippen molar-refractivity contribution >= 4 is 22.9 Å². The molecule has 0 bridgehead atoms. The summed E-state index contributed by atoms with van der Waals surface area (Å²) >= 11 is 7.60. The minimum absolute atomic E-state index is 0.454. The Hall–Kier alpha value is -0.0900. The molecule has 1 aromatic heterocycles. The SMILES string of the molecule is CC1CC(CN)CN1C(C)c1csc(Cl)c1. The number of nitrogens with zero attached hydrogens (tertiary/aromatic N) is 1. The van der Waals surface area contributed by atoms with Gasteiger partial charge in [0.15, 0.2) is 0 Å². The number of thiophene rings is 1. The summed E-state index contributed by atoms with van der Waals surface area (Å²) in [5.41, 5.74) is 7.09. The minimum atomic E-state index is 0.454. The molecule has 1 fully saturated rings. The van der Waals surface area contributed by atoms with E-state index in [2.05, 4.69) is 30.2 Å². The summed E-state index contributed by atoms with van der Waals surface area (Å²) < 4.78 is 0.879. The van der Waals surface area contributed by atoms with Gasteiger partial charge in [0.05, 0.1) is 4.34 Å². The van der Waals surface area contributed by atoms with Gasteiger partial charge in [-0.1, -0.05) is 11.6 Å². The van der Waals surface area contributed by atoms with Crippen LogP contribution < -0.4 is 5.73 Å². The molecule has 90 valence electrons. The van der Waals surface area contributed by atoms with Crippen LogP contribution in [-0.4, -0.2) is 24.0 Å². The first-order valence-electron chi connectivity index (χ1n) is 5.81. The molecule has 0 saturated carbocycles. The molecular weight excluding hydrogens is 240 g/mol. The van der Waals surface area contributed by atoms with Crippen molar-refractivity contribution in [3.63, 3.8) is 0 Å². The third-order valence-corrected chi connectivity index (χ3v) is 4.72. The highest BCUT2D eigenvalue weighted by Crippen LogP contribution is 2.34. The van der Waals surface area contributed by atoms with E-state index in [1.54, 1.807) is 11.3 Å². The molecule has 16 heavy (non-hydrogen) atoms. The van der Waals surface area contributed by atoms with Crippen molar-refractivity contribution in [2.45, 2.75) is 32.4 Å². The van der Waals surface area contributed by atoms with Gasteiger partial charge in [0.1, 0.15) is 0 Å². The Morgan fingerprint density at radius 2 is 2.44 bits per heavy atom. The number of likely N-dealkylation sites (tertiary alicyclic amines) is 1. The Balaban J connectivity index is 2.07. The number of halogens is 1. The largest absolute Gasteiger partial charge is 0.330 e. The summed E-state index contributed by atoms with van der Waals surface area (Å²) in [5.74, 6) is 0.659. The molecule has 3 unspecified atom stereocenters. The van der Waals surface area contributed by atoms with E-state index in [9.17, 15) is 0 Å². The third-order valence-electron chi connectivity index (χ3n) is 3.61. The normalized spacial score (nSPS) is 28.5. The Labute approximate surface area is 106 Å². The minimum Gasteiger partial charge on any atom is -0.330 e. The molecule has 2 rings (SSSR count). The first-order valence-corrected chi connectivity index (χ1v) is 7.07.